The van der Waals surface area contributed by atoms with Crippen molar-refractivity contribution in [2.24, 2.45) is 0 Å². The number of amides is 1. The summed E-state index contributed by atoms with van der Waals surface area (Å²) in [6, 6.07) is 3.93. The van der Waals surface area contributed by atoms with Crippen LogP contribution in [0, 0.1) is 0 Å². The lowest BCUT2D eigenvalue weighted by molar-refractivity contribution is 0.0695. The van der Waals surface area contributed by atoms with Crippen LogP contribution in [0.2, 0.25) is 0 Å². The van der Waals surface area contributed by atoms with Crippen LogP contribution >= 0.6 is 0 Å². The maximum atomic E-state index is 13.0. The molecule has 1 amide bonds. The summed E-state index contributed by atoms with van der Waals surface area (Å²) in [6.45, 7) is 4.72. The van der Waals surface area contributed by atoms with Crippen LogP contribution in [0.1, 0.15) is 60.0 Å². The van der Waals surface area contributed by atoms with Gasteiger partial charge in [0.05, 0.1) is 6.04 Å². The Bertz CT molecular complexity index is 650. The summed E-state index contributed by atoms with van der Waals surface area (Å²) >= 11 is 0. The first-order valence-electron chi connectivity index (χ1n) is 7.99. The van der Waals surface area contributed by atoms with Gasteiger partial charge in [0.15, 0.2) is 5.69 Å². The van der Waals surface area contributed by atoms with Crippen molar-refractivity contribution >= 4 is 5.91 Å². The van der Waals surface area contributed by atoms with E-state index < -0.39 is 0 Å². The van der Waals surface area contributed by atoms with E-state index in [4.69, 9.17) is 0 Å². The van der Waals surface area contributed by atoms with Gasteiger partial charge in [-0.15, -0.1) is 0 Å². The zero-order valence-corrected chi connectivity index (χ0v) is 13.2. The Morgan fingerprint density at radius 3 is 2.77 bits per heavy atom. The lowest BCUT2D eigenvalue weighted by Gasteiger charge is -2.28. The summed E-state index contributed by atoms with van der Waals surface area (Å²) in [7, 11) is 0. The smallest absolute Gasteiger partial charge is 0.275 e. The van der Waals surface area contributed by atoms with Crippen LogP contribution in [0.5, 0.6) is 0 Å². The molecule has 2 aromatic heterocycles. The number of nitrogens with one attached hydrogen (secondary N) is 1. The van der Waals surface area contributed by atoms with Gasteiger partial charge in [0.1, 0.15) is 0 Å². The number of hydrogen-bond acceptors (Lipinski definition) is 3. The summed E-state index contributed by atoms with van der Waals surface area (Å²) in [5.41, 5.74) is 3.96. The van der Waals surface area contributed by atoms with E-state index in [0.29, 0.717) is 12.2 Å². The van der Waals surface area contributed by atoms with Gasteiger partial charge in [-0.3, -0.25) is 14.9 Å². The van der Waals surface area contributed by atoms with E-state index >= 15 is 0 Å². The Balaban J connectivity index is 1.87. The number of pyridine rings is 1. The van der Waals surface area contributed by atoms with Gasteiger partial charge in [-0.2, -0.15) is 5.10 Å². The molecule has 0 aromatic carbocycles. The molecule has 1 aliphatic carbocycles. The van der Waals surface area contributed by atoms with Crippen LogP contribution < -0.4 is 0 Å². The number of H-pyrrole nitrogens is 1. The Morgan fingerprint density at radius 2 is 2.05 bits per heavy atom. The first kappa shape index (κ1) is 14.8. The molecule has 3 rings (SSSR count). The van der Waals surface area contributed by atoms with E-state index in [1.165, 1.54) is 6.42 Å². The van der Waals surface area contributed by atoms with Gasteiger partial charge in [-0.1, -0.05) is 0 Å². The predicted molar refractivity (Wildman–Crippen MR) is 84.6 cm³/mol. The van der Waals surface area contributed by atoms with E-state index in [1.807, 2.05) is 24.0 Å². The molecule has 1 N–H and O–H groups in total. The third-order valence-electron chi connectivity index (χ3n) is 4.52. The number of aromatic nitrogens is 3. The zero-order valence-electron chi connectivity index (χ0n) is 13.2. The van der Waals surface area contributed by atoms with Crippen LogP contribution in [0.25, 0.3) is 0 Å². The monoisotopic (exact) mass is 298 g/mol. The van der Waals surface area contributed by atoms with Crippen LogP contribution in [0.3, 0.4) is 0 Å². The Hall–Kier alpha value is -2.17. The number of hydrogen-bond donors (Lipinski definition) is 1. The quantitative estimate of drug-likeness (QED) is 0.944. The number of nitrogens with zero attached hydrogens (tertiary/aromatic N) is 3. The van der Waals surface area contributed by atoms with Gasteiger partial charge in [-0.05, 0) is 57.2 Å². The molecule has 0 bridgehead atoms. The summed E-state index contributed by atoms with van der Waals surface area (Å²) in [5, 5.41) is 7.37. The Kier molecular flexibility index (Phi) is 4.22. The molecule has 0 spiro atoms. The minimum Gasteiger partial charge on any atom is -0.331 e. The molecule has 5 nitrogen and oxygen atoms in total. The van der Waals surface area contributed by atoms with E-state index in [9.17, 15) is 4.79 Å². The number of rotatable bonds is 4. The summed E-state index contributed by atoms with van der Waals surface area (Å²) in [6.07, 6.45) is 7.80. The van der Waals surface area contributed by atoms with Gasteiger partial charge in [0.2, 0.25) is 0 Å². The normalized spacial score (nSPS) is 15.2. The highest BCUT2D eigenvalue weighted by Crippen LogP contribution is 2.26. The number of aryl methyl sites for hydroxylation is 1. The van der Waals surface area contributed by atoms with E-state index in [-0.39, 0.29) is 11.9 Å². The average Bonchev–Trinajstić information content (AvgIpc) is 3.00. The van der Waals surface area contributed by atoms with Gasteiger partial charge in [0, 0.05) is 30.2 Å². The van der Waals surface area contributed by atoms with Crippen LogP contribution in [-0.2, 0) is 12.8 Å². The molecule has 1 atom stereocenters. The Labute approximate surface area is 130 Å². The second-order valence-electron chi connectivity index (χ2n) is 5.78. The number of aromatic amines is 1. The van der Waals surface area contributed by atoms with Gasteiger partial charge in [-0.25, -0.2) is 0 Å². The molecular weight excluding hydrogens is 276 g/mol. The van der Waals surface area contributed by atoms with Crippen LogP contribution in [0.4, 0.5) is 0 Å². The molecule has 0 aliphatic heterocycles. The molecule has 2 aromatic rings. The van der Waals surface area contributed by atoms with Crippen molar-refractivity contribution in [1.82, 2.24) is 20.1 Å². The highest BCUT2D eigenvalue weighted by Gasteiger charge is 2.27. The summed E-state index contributed by atoms with van der Waals surface area (Å²) in [5.74, 6) is 0.0196. The molecule has 0 fully saturated rings. The maximum absolute atomic E-state index is 13.0. The van der Waals surface area contributed by atoms with Crippen molar-refractivity contribution in [2.45, 2.75) is 45.6 Å². The fourth-order valence-electron chi connectivity index (χ4n) is 3.21. The van der Waals surface area contributed by atoms with Crippen molar-refractivity contribution < 1.29 is 4.79 Å². The molecular formula is C17H22N4O. The van der Waals surface area contributed by atoms with Gasteiger partial charge in [0.25, 0.3) is 5.91 Å². The second kappa shape index (κ2) is 6.30. The number of carbonyl (C=O) groups is 1. The van der Waals surface area contributed by atoms with Crippen molar-refractivity contribution in [1.29, 1.82) is 0 Å². The lowest BCUT2D eigenvalue weighted by Crippen LogP contribution is -2.34. The minimum atomic E-state index is 0.0106. The third-order valence-corrected chi connectivity index (χ3v) is 4.52. The van der Waals surface area contributed by atoms with E-state index in [0.717, 1.165) is 36.1 Å². The molecule has 1 aliphatic rings. The number of carbonyl (C=O) groups excluding carboxylic acids is 1. The highest BCUT2D eigenvalue weighted by atomic mass is 16.2. The van der Waals surface area contributed by atoms with Crippen molar-refractivity contribution in [3.05, 3.63) is 47.0 Å². The van der Waals surface area contributed by atoms with Crippen molar-refractivity contribution in [2.75, 3.05) is 6.54 Å². The highest BCUT2D eigenvalue weighted by molar-refractivity contribution is 5.94. The minimum absolute atomic E-state index is 0.0106. The second-order valence-corrected chi connectivity index (χ2v) is 5.78. The molecule has 0 radical (unpaired) electrons. The largest absolute Gasteiger partial charge is 0.331 e. The zero-order chi connectivity index (χ0) is 15.5. The fraction of sp³-hybridized carbons (Fsp3) is 0.471. The summed E-state index contributed by atoms with van der Waals surface area (Å²) in [4.78, 5) is 18.9. The molecule has 0 saturated heterocycles. The van der Waals surface area contributed by atoms with Gasteiger partial charge >= 0.3 is 0 Å². The predicted octanol–water partition coefficient (Wildman–Crippen LogP) is 2.91. The third kappa shape index (κ3) is 2.63. The maximum Gasteiger partial charge on any atom is 0.275 e. The molecule has 5 heteroatoms. The first-order valence-corrected chi connectivity index (χ1v) is 7.99. The van der Waals surface area contributed by atoms with E-state index in [1.54, 1.807) is 12.4 Å². The van der Waals surface area contributed by atoms with Crippen molar-refractivity contribution in [3.63, 3.8) is 0 Å². The Morgan fingerprint density at radius 1 is 1.32 bits per heavy atom. The number of fused-ring (bicyclic) bond motifs is 1. The van der Waals surface area contributed by atoms with Gasteiger partial charge < -0.3 is 4.90 Å². The summed E-state index contributed by atoms with van der Waals surface area (Å²) < 4.78 is 0. The van der Waals surface area contributed by atoms with Crippen molar-refractivity contribution in [3.8, 4) is 0 Å². The average molecular weight is 298 g/mol. The molecule has 0 saturated carbocycles. The first-order chi connectivity index (χ1) is 10.7. The van der Waals surface area contributed by atoms with Crippen LogP contribution in [-0.4, -0.2) is 32.5 Å². The molecule has 22 heavy (non-hydrogen) atoms. The molecule has 2 heterocycles. The molecule has 1 unspecified atom stereocenters. The van der Waals surface area contributed by atoms with Crippen LogP contribution in [0.15, 0.2) is 24.5 Å². The molecule has 116 valence electrons. The topological polar surface area (TPSA) is 61.9 Å². The SMILES string of the molecule is CCN(C(=O)c1n[nH]c2c1CCCC2)C(C)c1ccncc1. The lowest BCUT2D eigenvalue weighted by atomic mass is 9.95. The standard InChI is InChI=1S/C17H22N4O/c1-3-21(12(2)13-8-10-18-11-9-13)17(22)16-14-6-4-5-7-15(14)19-20-16/h8-12H,3-7H2,1-2H3,(H,19,20). The fourth-order valence-corrected chi connectivity index (χ4v) is 3.21. The van der Waals surface area contributed by atoms with E-state index in [2.05, 4.69) is 22.1 Å².